The highest BCUT2D eigenvalue weighted by molar-refractivity contribution is 6.07. The Labute approximate surface area is 248 Å². The first kappa shape index (κ1) is 28.2. The SMILES string of the molecule is C[C@@H](/C=C/CCn1cc(C(CO)c2ccccc2)nn1)[C@]1(O)C(=O)N(C)c2ccc(-n3ncc4ccccc4c3=O)cc21. The highest BCUT2D eigenvalue weighted by Gasteiger charge is 2.51. The number of amides is 1. The molecule has 0 saturated heterocycles. The van der Waals surface area contributed by atoms with Gasteiger partial charge in [0.25, 0.3) is 11.5 Å². The molecule has 2 aromatic heterocycles. The van der Waals surface area contributed by atoms with E-state index in [-0.39, 0.29) is 18.1 Å². The number of aliphatic hydroxyl groups is 2. The zero-order valence-corrected chi connectivity index (χ0v) is 23.9. The molecule has 10 nitrogen and oxygen atoms in total. The van der Waals surface area contributed by atoms with Gasteiger partial charge in [0.05, 0.1) is 41.2 Å². The molecule has 0 aliphatic carbocycles. The number of hydrogen-bond acceptors (Lipinski definition) is 7. The summed E-state index contributed by atoms with van der Waals surface area (Å²) in [4.78, 5) is 28.0. The molecule has 1 unspecified atom stereocenters. The Morgan fingerprint density at radius 2 is 1.79 bits per heavy atom. The van der Waals surface area contributed by atoms with Gasteiger partial charge in [-0.25, -0.2) is 0 Å². The van der Waals surface area contributed by atoms with E-state index in [1.807, 2.05) is 60.8 Å². The highest BCUT2D eigenvalue weighted by Crippen LogP contribution is 2.45. The number of allylic oxidation sites excluding steroid dienone is 1. The van der Waals surface area contributed by atoms with Crippen LogP contribution in [0.3, 0.4) is 0 Å². The number of aromatic nitrogens is 5. The van der Waals surface area contributed by atoms with Crippen LogP contribution in [0.2, 0.25) is 0 Å². The minimum absolute atomic E-state index is 0.0735. The quantitative estimate of drug-likeness (QED) is 0.257. The molecular formula is C33H32N6O4. The number of likely N-dealkylation sites (N-methyl/N-ethyl adjacent to an activating group) is 1. The number of carbonyl (C=O) groups is 1. The smallest absolute Gasteiger partial charge is 0.279 e. The maximum absolute atomic E-state index is 13.4. The zero-order valence-electron chi connectivity index (χ0n) is 23.9. The molecule has 218 valence electrons. The van der Waals surface area contributed by atoms with E-state index in [9.17, 15) is 19.8 Å². The Morgan fingerprint density at radius 1 is 1.02 bits per heavy atom. The molecule has 0 spiro atoms. The van der Waals surface area contributed by atoms with Gasteiger partial charge in [0.1, 0.15) is 0 Å². The normalized spacial score (nSPS) is 18.0. The third-order valence-corrected chi connectivity index (χ3v) is 8.23. The summed E-state index contributed by atoms with van der Waals surface area (Å²) in [6.45, 7) is 2.26. The predicted octanol–water partition coefficient (Wildman–Crippen LogP) is 3.55. The molecule has 3 heterocycles. The maximum Gasteiger partial charge on any atom is 0.279 e. The first-order valence-corrected chi connectivity index (χ1v) is 14.2. The van der Waals surface area contributed by atoms with Crippen LogP contribution >= 0.6 is 0 Å². The lowest BCUT2D eigenvalue weighted by atomic mass is 9.82. The third-order valence-electron chi connectivity index (χ3n) is 8.23. The summed E-state index contributed by atoms with van der Waals surface area (Å²) in [7, 11) is 1.63. The van der Waals surface area contributed by atoms with Gasteiger partial charge in [0, 0.05) is 36.7 Å². The van der Waals surface area contributed by atoms with Crippen LogP contribution in [-0.4, -0.2) is 54.5 Å². The Morgan fingerprint density at radius 3 is 2.58 bits per heavy atom. The third kappa shape index (κ3) is 4.94. The lowest BCUT2D eigenvalue weighted by Gasteiger charge is -2.27. The Bertz CT molecular complexity index is 1880. The summed E-state index contributed by atoms with van der Waals surface area (Å²) in [6.07, 6.45) is 7.78. The summed E-state index contributed by atoms with van der Waals surface area (Å²) in [6, 6.07) is 22.0. The number of hydrogen-bond donors (Lipinski definition) is 2. The average Bonchev–Trinajstić information content (AvgIpc) is 3.58. The van der Waals surface area contributed by atoms with E-state index >= 15 is 0 Å². The molecule has 10 heteroatoms. The van der Waals surface area contributed by atoms with Gasteiger partial charge in [-0.3, -0.25) is 14.3 Å². The fourth-order valence-electron chi connectivity index (χ4n) is 5.73. The number of aryl methyl sites for hydroxylation is 1. The molecule has 2 N–H and O–H groups in total. The van der Waals surface area contributed by atoms with Gasteiger partial charge in [-0.05, 0) is 36.2 Å². The van der Waals surface area contributed by atoms with E-state index in [0.717, 1.165) is 10.9 Å². The summed E-state index contributed by atoms with van der Waals surface area (Å²) >= 11 is 0. The molecule has 3 atom stereocenters. The highest BCUT2D eigenvalue weighted by atomic mass is 16.3. The first-order valence-electron chi connectivity index (χ1n) is 14.2. The van der Waals surface area contributed by atoms with Gasteiger partial charge < -0.3 is 15.1 Å². The van der Waals surface area contributed by atoms with Crippen LogP contribution in [0.1, 0.15) is 36.1 Å². The van der Waals surface area contributed by atoms with Crippen molar-refractivity contribution >= 4 is 22.4 Å². The molecule has 5 aromatic rings. The minimum atomic E-state index is -1.82. The molecule has 1 aliphatic rings. The fourth-order valence-corrected chi connectivity index (χ4v) is 5.73. The Kier molecular flexibility index (Phi) is 7.47. The van der Waals surface area contributed by atoms with E-state index in [4.69, 9.17) is 0 Å². The van der Waals surface area contributed by atoms with E-state index in [2.05, 4.69) is 15.4 Å². The summed E-state index contributed by atoms with van der Waals surface area (Å²) in [5.74, 6) is -1.26. The van der Waals surface area contributed by atoms with Gasteiger partial charge in [-0.15, -0.1) is 5.10 Å². The largest absolute Gasteiger partial charge is 0.395 e. The van der Waals surface area contributed by atoms with Gasteiger partial charge >= 0.3 is 0 Å². The van der Waals surface area contributed by atoms with Gasteiger partial charge in [0.2, 0.25) is 0 Å². The standard InChI is InChI=1S/C33H32N6O4/c1-22(10-8-9-17-38-20-29(35-36-38)27(21-40)23-11-4-3-5-12-23)33(43)28-18-25(15-16-30(28)37(2)32(33)42)39-31(41)26-14-7-6-13-24(26)19-34-39/h3-8,10-16,18-20,22,27,40,43H,9,17,21H2,1-2H3/b10-8+/t22-,27?,33+/m0/s1. The van der Waals surface area contributed by atoms with E-state index in [0.29, 0.717) is 41.0 Å². The van der Waals surface area contributed by atoms with Crippen molar-refractivity contribution in [3.63, 3.8) is 0 Å². The van der Waals surface area contributed by atoms with Crippen LogP contribution in [0, 0.1) is 5.92 Å². The van der Waals surface area contributed by atoms with Crippen LogP contribution in [0.25, 0.3) is 16.5 Å². The van der Waals surface area contributed by atoms with Crippen LogP contribution in [0.15, 0.2) is 102 Å². The van der Waals surface area contributed by atoms with Crippen LogP contribution in [0.4, 0.5) is 5.69 Å². The molecule has 0 radical (unpaired) electrons. The van der Waals surface area contributed by atoms with Crippen molar-refractivity contribution in [2.75, 3.05) is 18.6 Å². The van der Waals surface area contributed by atoms with Crippen molar-refractivity contribution in [2.45, 2.75) is 31.4 Å². The number of fused-ring (bicyclic) bond motifs is 2. The lowest BCUT2D eigenvalue weighted by molar-refractivity contribution is -0.139. The number of nitrogens with zero attached hydrogens (tertiary/aromatic N) is 6. The zero-order chi connectivity index (χ0) is 30.1. The lowest BCUT2D eigenvalue weighted by Crippen LogP contribution is -2.43. The van der Waals surface area contributed by atoms with Gasteiger partial charge in [-0.2, -0.15) is 9.78 Å². The fraction of sp³-hybridized carbons (Fsp3) is 0.242. The van der Waals surface area contributed by atoms with Crippen molar-refractivity contribution in [1.82, 2.24) is 24.8 Å². The Balaban J connectivity index is 1.20. The molecule has 1 aliphatic heterocycles. The molecule has 0 bridgehead atoms. The number of benzene rings is 3. The number of aliphatic hydroxyl groups excluding tert-OH is 1. The van der Waals surface area contributed by atoms with Crippen molar-refractivity contribution in [3.05, 3.63) is 125 Å². The van der Waals surface area contributed by atoms with Crippen molar-refractivity contribution < 1.29 is 15.0 Å². The number of carbonyl (C=O) groups excluding carboxylic acids is 1. The average molecular weight is 577 g/mol. The van der Waals surface area contributed by atoms with E-state index in [1.54, 1.807) is 55.2 Å². The van der Waals surface area contributed by atoms with Crippen LogP contribution < -0.4 is 10.5 Å². The predicted molar refractivity (Wildman–Crippen MR) is 163 cm³/mol. The monoisotopic (exact) mass is 576 g/mol. The number of rotatable bonds is 9. The van der Waals surface area contributed by atoms with Crippen LogP contribution in [-0.2, 0) is 16.9 Å². The number of anilines is 1. The topological polar surface area (TPSA) is 126 Å². The van der Waals surface area contributed by atoms with Crippen LogP contribution in [0.5, 0.6) is 0 Å². The first-order chi connectivity index (χ1) is 20.8. The molecule has 1 amide bonds. The molecule has 0 saturated carbocycles. The molecular weight excluding hydrogens is 544 g/mol. The summed E-state index contributed by atoms with van der Waals surface area (Å²) < 4.78 is 3.01. The molecule has 6 rings (SSSR count). The molecule has 0 fully saturated rings. The van der Waals surface area contributed by atoms with Gasteiger partial charge in [-0.1, -0.05) is 72.8 Å². The van der Waals surface area contributed by atoms with E-state index in [1.165, 1.54) is 9.58 Å². The van der Waals surface area contributed by atoms with Crippen molar-refractivity contribution in [2.24, 2.45) is 5.92 Å². The summed E-state index contributed by atoms with van der Waals surface area (Å²) in [5.41, 5.74) is 1.03. The Hall–Kier alpha value is -4.93. The maximum atomic E-state index is 13.4. The second kappa shape index (κ2) is 11.4. The summed E-state index contributed by atoms with van der Waals surface area (Å²) in [5, 5.41) is 35.9. The molecule has 3 aromatic carbocycles. The van der Waals surface area contributed by atoms with Gasteiger partial charge in [0.15, 0.2) is 5.60 Å². The van der Waals surface area contributed by atoms with E-state index < -0.39 is 17.4 Å². The second-order valence-electron chi connectivity index (χ2n) is 10.8. The molecule has 43 heavy (non-hydrogen) atoms. The van der Waals surface area contributed by atoms with Crippen molar-refractivity contribution in [1.29, 1.82) is 0 Å². The van der Waals surface area contributed by atoms with Crippen molar-refractivity contribution in [3.8, 4) is 5.69 Å². The second-order valence-corrected chi connectivity index (χ2v) is 10.8. The minimum Gasteiger partial charge on any atom is -0.395 e.